The number of hydrogen-bond acceptors (Lipinski definition) is 3. The summed E-state index contributed by atoms with van der Waals surface area (Å²) in [6.07, 6.45) is 2.62. The minimum Gasteiger partial charge on any atom is -0.393 e. The van der Waals surface area contributed by atoms with Gasteiger partial charge in [0.15, 0.2) is 0 Å². The number of fused-ring (bicyclic) bond motifs is 1. The first-order valence-electron chi connectivity index (χ1n) is 7.87. The SMILES string of the molecule is Cc1ccc2c(C)cc(N3CCCC(O)CC3)nc2c1C. The first-order valence-corrected chi connectivity index (χ1v) is 7.87. The molecular formula is C18H24N2O. The zero-order chi connectivity index (χ0) is 15.0. The van der Waals surface area contributed by atoms with Crippen LogP contribution < -0.4 is 4.90 Å². The van der Waals surface area contributed by atoms with Crippen LogP contribution in [0.15, 0.2) is 18.2 Å². The number of nitrogens with zero attached hydrogens (tertiary/aromatic N) is 2. The molecule has 1 saturated heterocycles. The third kappa shape index (κ3) is 2.75. The van der Waals surface area contributed by atoms with Gasteiger partial charge >= 0.3 is 0 Å². The Morgan fingerprint density at radius 3 is 2.71 bits per heavy atom. The molecular weight excluding hydrogens is 260 g/mol. The van der Waals surface area contributed by atoms with E-state index < -0.39 is 0 Å². The quantitative estimate of drug-likeness (QED) is 0.870. The van der Waals surface area contributed by atoms with Crippen molar-refractivity contribution in [2.24, 2.45) is 0 Å². The summed E-state index contributed by atoms with van der Waals surface area (Å²) in [7, 11) is 0. The molecule has 1 aliphatic rings. The second-order valence-electron chi connectivity index (χ2n) is 6.27. The number of benzene rings is 1. The normalized spacial score (nSPS) is 19.8. The molecule has 3 heteroatoms. The summed E-state index contributed by atoms with van der Waals surface area (Å²) in [6, 6.07) is 6.54. The summed E-state index contributed by atoms with van der Waals surface area (Å²) >= 11 is 0. The number of anilines is 1. The number of pyridine rings is 1. The van der Waals surface area contributed by atoms with Crippen LogP contribution in [0.1, 0.15) is 36.0 Å². The molecule has 1 aromatic heterocycles. The van der Waals surface area contributed by atoms with Crippen LogP contribution in [0.3, 0.4) is 0 Å². The van der Waals surface area contributed by atoms with Crippen LogP contribution in [0.4, 0.5) is 5.82 Å². The van der Waals surface area contributed by atoms with Crippen molar-refractivity contribution in [1.29, 1.82) is 0 Å². The highest BCUT2D eigenvalue weighted by molar-refractivity contribution is 5.87. The van der Waals surface area contributed by atoms with Crippen molar-refractivity contribution in [1.82, 2.24) is 4.98 Å². The summed E-state index contributed by atoms with van der Waals surface area (Å²) in [5.74, 6) is 1.06. The van der Waals surface area contributed by atoms with E-state index in [9.17, 15) is 5.11 Å². The predicted molar refractivity (Wildman–Crippen MR) is 88.0 cm³/mol. The summed E-state index contributed by atoms with van der Waals surface area (Å²) in [5.41, 5.74) is 4.96. The van der Waals surface area contributed by atoms with E-state index in [1.165, 1.54) is 22.1 Å². The monoisotopic (exact) mass is 284 g/mol. The molecule has 2 aromatic rings. The minimum atomic E-state index is -0.152. The molecule has 1 aromatic carbocycles. The van der Waals surface area contributed by atoms with Crippen molar-refractivity contribution in [3.8, 4) is 0 Å². The third-order valence-electron chi connectivity index (χ3n) is 4.72. The summed E-state index contributed by atoms with van der Waals surface area (Å²) in [5, 5.41) is 11.1. The fourth-order valence-electron chi connectivity index (χ4n) is 3.15. The van der Waals surface area contributed by atoms with Crippen molar-refractivity contribution in [2.75, 3.05) is 18.0 Å². The maximum absolute atomic E-state index is 9.81. The third-order valence-corrected chi connectivity index (χ3v) is 4.72. The average molecular weight is 284 g/mol. The smallest absolute Gasteiger partial charge is 0.129 e. The fourth-order valence-corrected chi connectivity index (χ4v) is 3.15. The van der Waals surface area contributed by atoms with Crippen LogP contribution in [0, 0.1) is 20.8 Å². The van der Waals surface area contributed by atoms with Gasteiger partial charge in [0, 0.05) is 18.5 Å². The number of rotatable bonds is 1. The number of hydrogen-bond donors (Lipinski definition) is 1. The summed E-state index contributed by atoms with van der Waals surface area (Å²) in [4.78, 5) is 7.25. The highest BCUT2D eigenvalue weighted by Gasteiger charge is 2.17. The second kappa shape index (κ2) is 5.64. The Hall–Kier alpha value is -1.61. The topological polar surface area (TPSA) is 36.4 Å². The first-order chi connectivity index (χ1) is 10.1. The van der Waals surface area contributed by atoms with Crippen LogP contribution in [0.5, 0.6) is 0 Å². The van der Waals surface area contributed by atoms with Gasteiger partial charge in [-0.05, 0) is 62.8 Å². The Kier molecular flexibility index (Phi) is 3.85. The molecule has 1 atom stereocenters. The molecule has 1 fully saturated rings. The van der Waals surface area contributed by atoms with Gasteiger partial charge in [0.05, 0.1) is 11.6 Å². The summed E-state index contributed by atoms with van der Waals surface area (Å²) < 4.78 is 0. The lowest BCUT2D eigenvalue weighted by molar-refractivity contribution is 0.161. The van der Waals surface area contributed by atoms with Gasteiger partial charge in [-0.1, -0.05) is 12.1 Å². The van der Waals surface area contributed by atoms with E-state index in [1.807, 2.05) is 0 Å². The maximum atomic E-state index is 9.81. The van der Waals surface area contributed by atoms with Crippen molar-refractivity contribution in [3.63, 3.8) is 0 Å². The van der Waals surface area contributed by atoms with E-state index in [0.29, 0.717) is 0 Å². The molecule has 1 unspecified atom stereocenters. The van der Waals surface area contributed by atoms with Crippen LogP contribution in [0.25, 0.3) is 10.9 Å². The largest absolute Gasteiger partial charge is 0.393 e. The van der Waals surface area contributed by atoms with E-state index in [-0.39, 0.29) is 6.10 Å². The standard InChI is InChI=1S/C18H24N2O/c1-12-6-7-16-13(2)11-17(19-18(16)14(12)3)20-9-4-5-15(21)8-10-20/h6-7,11,15,21H,4-5,8-10H2,1-3H3. The van der Waals surface area contributed by atoms with E-state index in [2.05, 4.69) is 43.9 Å². The molecule has 1 aliphatic heterocycles. The minimum absolute atomic E-state index is 0.152. The number of aromatic nitrogens is 1. The number of aliphatic hydroxyl groups excluding tert-OH is 1. The van der Waals surface area contributed by atoms with Crippen molar-refractivity contribution < 1.29 is 5.11 Å². The molecule has 0 amide bonds. The van der Waals surface area contributed by atoms with E-state index in [1.54, 1.807) is 0 Å². The van der Waals surface area contributed by atoms with E-state index in [0.717, 1.165) is 43.7 Å². The predicted octanol–water partition coefficient (Wildman–Crippen LogP) is 3.51. The van der Waals surface area contributed by atoms with Gasteiger partial charge < -0.3 is 10.0 Å². The molecule has 112 valence electrons. The number of aryl methyl sites for hydroxylation is 3. The second-order valence-corrected chi connectivity index (χ2v) is 6.27. The highest BCUT2D eigenvalue weighted by atomic mass is 16.3. The molecule has 0 radical (unpaired) electrons. The molecule has 0 saturated carbocycles. The average Bonchev–Trinajstić information content (AvgIpc) is 2.68. The molecule has 0 spiro atoms. The van der Waals surface area contributed by atoms with Crippen molar-refractivity contribution in [3.05, 3.63) is 34.9 Å². The number of aliphatic hydroxyl groups is 1. The van der Waals surface area contributed by atoms with Gasteiger partial charge in [0.2, 0.25) is 0 Å². The van der Waals surface area contributed by atoms with Gasteiger partial charge in [0.1, 0.15) is 5.82 Å². The highest BCUT2D eigenvalue weighted by Crippen LogP contribution is 2.27. The molecule has 2 heterocycles. The van der Waals surface area contributed by atoms with Gasteiger partial charge in [-0.25, -0.2) is 4.98 Å². The van der Waals surface area contributed by atoms with Gasteiger partial charge in [-0.2, -0.15) is 0 Å². The lowest BCUT2D eigenvalue weighted by Gasteiger charge is -2.23. The lowest BCUT2D eigenvalue weighted by Crippen LogP contribution is -2.25. The van der Waals surface area contributed by atoms with Crippen LogP contribution in [-0.4, -0.2) is 29.3 Å². The maximum Gasteiger partial charge on any atom is 0.129 e. The molecule has 0 bridgehead atoms. The Labute approximate surface area is 126 Å². The van der Waals surface area contributed by atoms with E-state index in [4.69, 9.17) is 4.98 Å². The van der Waals surface area contributed by atoms with Crippen molar-refractivity contribution in [2.45, 2.75) is 46.1 Å². The van der Waals surface area contributed by atoms with Gasteiger partial charge in [-0.15, -0.1) is 0 Å². The first kappa shape index (κ1) is 14.3. The zero-order valence-corrected chi connectivity index (χ0v) is 13.2. The Morgan fingerprint density at radius 1 is 1.10 bits per heavy atom. The Bertz CT molecular complexity index is 666. The zero-order valence-electron chi connectivity index (χ0n) is 13.2. The van der Waals surface area contributed by atoms with Gasteiger partial charge in [-0.3, -0.25) is 0 Å². The molecule has 21 heavy (non-hydrogen) atoms. The fraction of sp³-hybridized carbons (Fsp3) is 0.500. The van der Waals surface area contributed by atoms with Crippen LogP contribution in [0.2, 0.25) is 0 Å². The molecule has 3 rings (SSSR count). The van der Waals surface area contributed by atoms with Crippen LogP contribution in [-0.2, 0) is 0 Å². The molecule has 0 aliphatic carbocycles. The Balaban J connectivity index is 2.05. The molecule has 3 nitrogen and oxygen atoms in total. The van der Waals surface area contributed by atoms with Crippen molar-refractivity contribution >= 4 is 16.7 Å². The molecule has 1 N–H and O–H groups in total. The summed E-state index contributed by atoms with van der Waals surface area (Å²) in [6.45, 7) is 8.33. The van der Waals surface area contributed by atoms with Crippen LogP contribution >= 0.6 is 0 Å². The van der Waals surface area contributed by atoms with Gasteiger partial charge in [0.25, 0.3) is 0 Å². The lowest BCUT2D eigenvalue weighted by atomic mass is 10.0. The Morgan fingerprint density at radius 2 is 1.90 bits per heavy atom. The van der Waals surface area contributed by atoms with E-state index >= 15 is 0 Å².